The van der Waals surface area contributed by atoms with Gasteiger partial charge in [0.15, 0.2) is 5.82 Å². The van der Waals surface area contributed by atoms with Gasteiger partial charge in [0, 0.05) is 33.9 Å². The molecule has 0 unspecified atom stereocenters. The first-order valence-corrected chi connectivity index (χ1v) is 13.0. The Hall–Kier alpha value is -4.26. The predicted octanol–water partition coefficient (Wildman–Crippen LogP) is 6.86. The molecule has 1 saturated carbocycles. The van der Waals surface area contributed by atoms with Gasteiger partial charge in [0.2, 0.25) is 0 Å². The molecule has 7 heteroatoms. The Balaban J connectivity index is 1.50. The Labute approximate surface area is 215 Å². The maximum Gasteiger partial charge on any atom is 0.258 e. The number of carbonyl (C=O) groups excluding carboxylic acids is 1. The molecule has 0 radical (unpaired) electrons. The van der Waals surface area contributed by atoms with Crippen LogP contribution in [0.2, 0.25) is 0 Å². The molecular weight excluding hydrogens is 460 g/mol. The summed E-state index contributed by atoms with van der Waals surface area (Å²) in [6, 6.07) is 22.9. The van der Waals surface area contributed by atoms with Crippen molar-refractivity contribution in [3.63, 3.8) is 0 Å². The van der Waals surface area contributed by atoms with Crippen molar-refractivity contribution in [1.82, 2.24) is 25.2 Å². The molecule has 2 N–H and O–H groups in total. The summed E-state index contributed by atoms with van der Waals surface area (Å²) < 4.78 is 2.41. The number of nitrogens with one attached hydrogen (secondary N) is 2. The number of nitrogens with zero attached hydrogens (tertiary/aromatic N) is 4. The lowest BCUT2D eigenvalue weighted by molar-refractivity contribution is 0.102. The summed E-state index contributed by atoms with van der Waals surface area (Å²) in [6.45, 7) is 4.13. The second-order valence-corrected chi connectivity index (χ2v) is 9.97. The van der Waals surface area contributed by atoms with Crippen LogP contribution in [0.3, 0.4) is 0 Å². The summed E-state index contributed by atoms with van der Waals surface area (Å²) in [6.07, 6.45) is 6.03. The number of H-pyrrole nitrogens is 1. The summed E-state index contributed by atoms with van der Waals surface area (Å²) in [5, 5.41) is 18.6. The van der Waals surface area contributed by atoms with Crippen molar-refractivity contribution in [2.24, 2.45) is 0 Å². The number of carbonyl (C=O) groups is 1. The summed E-state index contributed by atoms with van der Waals surface area (Å²) in [7, 11) is 0. The van der Waals surface area contributed by atoms with Gasteiger partial charge in [0.25, 0.3) is 5.91 Å². The van der Waals surface area contributed by atoms with Gasteiger partial charge < -0.3 is 9.88 Å². The van der Waals surface area contributed by atoms with Crippen LogP contribution in [0.1, 0.15) is 59.8 Å². The van der Waals surface area contributed by atoms with E-state index in [1.807, 2.05) is 49.4 Å². The van der Waals surface area contributed by atoms with E-state index in [1.54, 1.807) is 0 Å². The molecule has 1 aliphatic carbocycles. The van der Waals surface area contributed by atoms with Gasteiger partial charge in [-0.1, -0.05) is 67.3 Å². The van der Waals surface area contributed by atoms with Gasteiger partial charge >= 0.3 is 0 Å². The summed E-state index contributed by atoms with van der Waals surface area (Å²) in [5.74, 6) is 0.537. The molecule has 0 atom stereocenters. The summed E-state index contributed by atoms with van der Waals surface area (Å²) in [5.41, 5.74) is 7.78. The van der Waals surface area contributed by atoms with Crippen LogP contribution in [-0.4, -0.2) is 31.1 Å². The lowest BCUT2D eigenvalue weighted by Crippen LogP contribution is -2.16. The number of aromatic amines is 1. The van der Waals surface area contributed by atoms with Gasteiger partial charge in [-0.15, -0.1) is 5.10 Å². The Morgan fingerprint density at radius 3 is 2.43 bits per heavy atom. The van der Waals surface area contributed by atoms with E-state index in [1.165, 1.54) is 19.3 Å². The first-order valence-electron chi connectivity index (χ1n) is 13.0. The van der Waals surface area contributed by atoms with Crippen molar-refractivity contribution in [3.8, 4) is 22.5 Å². The molecule has 0 aliphatic heterocycles. The highest BCUT2D eigenvalue weighted by molar-refractivity contribution is 6.15. The molecule has 0 bridgehead atoms. The second kappa shape index (κ2) is 9.65. The quantitative estimate of drug-likeness (QED) is 0.282. The highest BCUT2D eigenvalue weighted by Crippen LogP contribution is 2.39. The van der Waals surface area contributed by atoms with Crippen LogP contribution in [0, 0.1) is 13.8 Å². The van der Waals surface area contributed by atoms with E-state index in [4.69, 9.17) is 0 Å². The van der Waals surface area contributed by atoms with Crippen LogP contribution in [0.15, 0.2) is 66.7 Å². The van der Waals surface area contributed by atoms with E-state index in [-0.39, 0.29) is 5.91 Å². The van der Waals surface area contributed by atoms with Crippen LogP contribution in [0.4, 0.5) is 5.69 Å². The second-order valence-electron chi connectivity index (χ2n) is 9.97. The molecule has 1 aliphatic rings. The third-order valence-corrected chi connectivity index (χ3v) is 7.56. The molecule has 2 heterocycles. The van der Waals surface area contributed by atoms with E-state index >= 15 is 0 Å². The molecule has 37 heavy (non-hydrogen) atoms. The molecule has 5 aromatic rings. The Morgan fingerprint density at radius 1 is 0.946 bits per heavy atom. The van der Waals surface area contributed by atoms with E-state index < -0.39 is 0 Å². The topological polar surface area (TPSA) is 88.5 Å². The van der Waals surface area contributed by atoms with Crippen LogP contribution in [-0.2, 0) is 0 Å². The van der Waals surface area contributed by atoms with Crippen LogP contribution < -0.4 is 5.32 Å². The first-order chi connectivity index (χ1) is 18.1. The molecule has 0 saturated heterocycles. The van der Waals surface area contributed by atoms with Crippen LogP contribution in [0.25, 0.3) is 33.4 Å². The minimum atomic E-state index is -0.0780. The van der Waals surface area contributed by atoms with E-state index in [0.717, 1.165) is 62.9 Å². The number of tetrazole rings is 1. The SMILES string of the molecule is Cc1ccc(NC(=O)c2c(C)n(C3CCCCC3)c3ccc(-c4ccccc4-c4nnn[nH]4)cc23)cc1. The van der Waals surface area contributed by atoms with Crippen molar-refractivity contribution < 1.29 is 4.79 Å². The highest BCUT2D eigenvalue weighted by Gasteiger charge is 2.26. The minimum Gasteiger partial charge on any atom is -0.341 e. The van der Waals surface area contributed by atoms with Crippen molar-refractivity contribution in [2.75, 3.05) is 5.32 Å². The maximum atomic E-state index is 13.8. The lowest BCUT2D eigenvalue weighted by atomic mass is 9.95. The standard InChI is InChI=1S/C30H30N6O/c1-19-12-15-22(16-13-19)31-30(37)28-20(2)36(23-8-4-3-5-9-23)27-17-14-21(18-26(27)28)24-10-6-7-11-25(24)29-32-34-35-33-29/h6-7,10-18,23H,3-5,8-9H2,1-2H3,(H,31,37)(H,32,33,34,35). The third-order valence-electron chi connectivity index (χ3n) is 7.56. The van der Waals surface area contributed by atoms with Gasteiger partial charge in [-0.25, -0.2) is 5.10 Å². The maximum absolute atomic E-state index is 13.8. The zero-order valence-corrected chi connectivity index (χ0v) is 21.2. The number of amides is 1. The summed E-state index contributed by atoms with van der Waals surface area (Å²) >= 11 is 0. The molecule has 1 amide bonds. The normalized spacial score (nSPS) is 14.2. The van der Waals surface area contributed by atoms with Gasteiger partial charge in [0.05, 0.1) is 5.56 Å². The molecule has 2 aromatic heterocycles. The van der Waals surface area contributed by atoms with Crippen LogP contribution in [0.5, 0.6) is 0 Å². The smallest absolute Gasteiger partial charge is 0.258 e. The molecule has 186 valence electrons. The Bertz CT molecular complexity index is 1560. The number of benzene rings is 3. The zero-order valence-electron chi connectivity index (χ0n) is 21.2. The lowest BCUT2D eigenvalue weighted by Gasteiger charge is -2.26. The Kier molecular flexibility index (Phi) is 6.04. The van der Waals surface area contributed by atoms with Gasteiger partial charge in [0.1, 0.15) is 0 Å². The monoisotopic (exact) mass is 490 g/mol. The largest absolute Gasteiger partial charge is 0.341 e. The molecular formula is C30H30N6O. The highest BCUT2D eigenvalue weighted by atomic mass is 16.1. The van der Waals surface area contributed by atoms with Gasteiger partial charge in [-0.3, -0.25) is 4.79 Å². The fourth-order valence-electron chi connectivity index (χ4n) is 5.75. The minimum absolute atomic E-state index is 0.0780. The number of aryl methyl sites for hydroxylation is 1. The van der Waals surface area contributed by atoms with Crippen molar-refractivity contribution in [1.29, 1.82) is 0 Å². The van der Waals surface area contributed by atoms with Crippen molar-refractivity contribution >= 4 is 22.5 Å². The molecule has 0 spiro atoms. The number of hydrogen-bond donors (Lipinski definition) is 2. The van der Waals surface area contributed by atoms with E-state index in [0.29, 0.717) is 11.9 Å². The van der Waals surface area contributed by atoms with Gasteiger partial charge in [-0.05, 0) is 72.5 Å². The van der Waals surface area contributed by atoms with E-state index in [2.05, 4.69) is 61.7 Å². The average molecular weight is 491 g/mol. The molecule has 7 nitrogen and oxygen atoms in total. The number of rotatable bonds is 5. The summed E-state index contributed by atoms with van der Waals surface area (Å²) in [4.78, 5) is 13.8. The number of aromatic nitrogens is 5. The number of anilines is 1. The van der Waals surface area contributed by atoms with Gasteiger partial charge in [-0.2, -0.15) is 0 Å². The molecule has 6 rings (SSSR count). The van der Waals surface area contributed by atoms with E-state index in [9.17, 15) is 4.79 Å². The number of fused-ring (bicyclic) bond motifs is 1. The average Bonchev–Trinajstić information content (AvgIpc) is 3.56. The van der Waals surface area contributed by atoms with Crippen LogP contribution >= 0.6 is 0 Å². The third kappa shape index (κ3) is 4.31. The molecule has 1 fully saturated rings. The molecule has 3 aromatic carbocycles. The fraction of sp³-hybridized carbons (Fsp3) is 0.267. The van der Waals surface area contributed by atoms with Crippen molar-refractivity contribution in [2.45, 2.75) is 52.0 Å². The number of hydrogen-bond acceptors (Lipinski definition) is 4. The predicted molar refractivity (Wildman–Crippen MR) is 147 cm³/mol. The van der Waals surface area contributed by atoms with Crippen molar-refractivity contribution in [3.05, 3.63) is 83.6 Å². The first kappa shape index (κ1) is 23.2. The zero-order chi connectivity index (χ0) is 25.4. The Morgan fingerprint density at radius 2 is 1.70 bits per heavy atom. The fourth-order valence-corrected chi connectivity index (χ4v) is 5.75.